The average molecular weight is 404 g/mol. The minimum absolute atomic E-state index is 0.159. The highest BCUT2D eigenvalue weighted by Crippen LogP contribution is 2.29. The molecular formula is C24H24N2O4. The van der Waals surface area contributed by atoms with Crippen molar-refractivity contribution in [3.05, 3.63) is 83.9 Å². The van der Waals surface area contributed by atoms with Gasteiger partial charge in [-0.1, -0.05) is 47.5 Å². The maximum atomic E-state index is 12.6. The average Bonchev–Trinajstić information content (AvgIpc) is 2.75. The molecule has 0 aliphatic carbocycles. The molecule has 0 atom stereocenters. The molecule has 0 saturated carbocycles. The van der Waals surface area contributed by atoms with E-state index in [0.717, 1.165) is 11.1 Å². The molecule has 154 valence electrons. The zero-order valence-corrected chi connectivity index (χ0v) is 17.5. The van der Waals surface area contributed by atoms with E-state index in [1.165, 1.54) is 9.80 Å². The van der Waals surface area contributed by atoms with Crippen LogP contribution in [0.25, 0.3) is 0 Å². The third-order valence-corrected chi connectivity index (χ3v) is 4.63. The topological polar surface area (TPSA) is 59.1 Å². The Labute approximate surface area is 176 Å². The fourth-order valence-electron chi connectivity index (χ4n) is 2.69. The zero-order valence-electron chi connectivity index (χ0n) is 17.5. The molecule has 0 fully saturated rings. The third-order valence-electron chi connectivity index (χ3n) is 4.63. The maximum Gasteiger partial charge on any atom is 0.419 e. The Morgan fingerprint density at radius 2 is 0.933 bits per heavy atom. The number of benzene rings is 3. The lowest BCUT2D eigenvalue weighted by molar-refractivity contribution is 0.198. The van der Waals surface area contributed by atoms with Crippen LogP contribution in [-0.4, -0.2) is 26.3 Å². The molecule has 0 aliphatic heterocycles. The smallest absolute Gasteiger partial charge is 0.406 e. The van der Waals surface area contributed by atoms with Gasteiger partial charge in [-0.2, -0.15) is 0 Å². The number of ether oxygens (including phenoxy) is 2. The molecule has 30 heavy (non-hydrogen) atoms. The molecule has 3 aromatic rings. The van der Waals surface area contributed by atoms with E-state index in [1.54, 1.807) is 38.4 Å². The molecule has 0 spiro atoms. The number of hydrogen-bond acceptors (Lipinski definition) is 4. The van der Waals surface area contributed by atoms with E-state index < -0.39 is 12.2 Å². The van der Waals surface area contributed by atoms with Crippen LogP contribution in [0.3, 0.4) is 0 Å². The second-order valence-corrected chi connectivity index (χ2v) is 6.97. The molecule has 6 nitrogen and oxygen atoms in total. The highest BCUT2D eigenvalue weighted by Gasteiger charge is 2.19. The monoisotopic (exact) mass is 404 g/mol. The summed E-state index contributed by atoms with van der Waals surface area (Å²) in [7, 11) is 3.24. The number of nitrogens with zero attached hydrogens (tertiary/aromatic N) is 2. The molecule has 0 heterocycles. The first-order valence-electron chi connectivity index (χ1n) is 9.48. The number of anilines is 2. The first-order valence-corrected chi connectivity index (χ1v) is 9.48. The quantitative estimate of drug-likeness (QED) is 0.570. The minimum atomic E-state index is -0.589. The van der Waals surface area contributed by atoms with Gasteiger partial charge in [0.1, 0.15) is 0 Å². The fourth-order valence-corrected chi connectivity index (χ4v) is 2.69. The van der Waals surface area contributed by atoms with Crippen LogP contribution in [0.1, 0.15) is 11.1 Å². The van der Waals surface area contributed by atoms with Gasteiger partial charge in [-0.15, -0.1) is 0 Å². The molecule has 0 unspecified atom stereocenters. The van der Waals surface area contributed by atoms with E-state index in [1.807, 2.05) is 62.4 Å². The minimum Gasteiger partial charge on any atom is -0.406 e. The Hall–Kier alpha value is -3.80. The van der Waals surface area contributed by atoms with E-state index in [0.29, 0.717) is 11.4 Å². The standard InChI is InChI=1S/C24H24N2O4/c1-17-9-13-19(14-10-17)25(3)23(27)29-21-7-5-6-8-22(21)30-24(28)26(4)20-15-11-18(2)12-16-20/h5-16H,1-4H3. The Morgan fingerprint density at radius 3 is 1.27 bits per heavy atom. The van der Waals surface area contributed by atoms with Crippen LogP contribution < -0.4 is 19.3 Å². The number of hydrogen-bond donors (Lipinski definition) is 0. The van der Waals surface area contributed by atoms with Crippen molar-refractivity contribution in [2.75, 3.05) is 23.9 Å². The van der Waals surface area contributed by atoms with Crippen molar-refractivity contribution >= 4 is 23.6 Å². The summed E-state index contributed by atoms with van der Waals surface area (Å²) in [6.45, 7) is 3.95. The molecule has 0 aromatic heterocycles. The predicted octanol–water partition coefficient (Wildman–Crippen LogP) is 5.57. The van der Waals surface area contributed by atoms with Gasteiger partial charge in [0, 0.05) is 25.5 Å². The van der Waals surface area contributed by atoms with Crippen LogP contribution in [0, 0.1) is 13.8 Å². The van der Waals surface area contributed by atoms with Crippen molar-refractivity contribution in [1.82, 2.24) is 0 Å². The number of aryl methyl sites for hydroxylation is 2. The SMILES string of the molecule is Cc1ccc(N(C)C(=O)Oc2ccccc2OC(=O)N(C)c2ccc(C)cc2)cc1. The second kappa shape index (κ2) is 9.13. The van der Waals surface area contributed by atoms with Gasteiger partial charge in [0.25, 0.3) is 0 Å². The van der Waals surface area contributed by atoms with Crippen molar-refractivity contribution in [2.24, 2.45) is 0 Å². The van der Waals surface area contributed by atoms with Crippen LogP contribution in [0.2, 0.25) is 0 Å². The van der Waals surface area contributed by atoms with E-state index in [4.69, 9.17) is 9.47 Å². The molecule has 0 N–H and O–H groups in total. The number of para-hydroxylation sites is 2. The van der Waals surface area contributed by atoms with Crippen LogP contribution in [0.4, 0.5) is 21.0 Å². The Bertz CT molecular complexity index is 945. The lowest BCUT2D eigenvalue weighted by atomic mass is 10.2. The van der Waals surface area contributed by atoms with E-state index >= 15 is 0 Å². The summed E-state index contributed by atoms with van der Waals surface area (Å²) in [5, 5.41) is 0. The molecule has 0 radical (unpaired) electrons. The van der Waals surface area contributed by atoms with Gasteiger partial charge in [-0.3, -0.25) is 9.80 Å². The van der Waals surface area contributed by atoms with Gasteiger partial charge in [-0.05, 0) is 50.2 Å². The number of amides is 2. The van der Waals surface area contributed by atoms with Gasteiger partial charge in [0.15, 0.2) is 11.5 Å². The zero-order chi connectivity index (χ0) is 21.7. The Balaban J connectivity index is 1.72. The largest absolute Gasteiger partial charge is 0.419 e. The van der Waals surface area contributed by atoms with Crippen molar-refractivity contribution in [2.45, 2.75) is 13.8 Å². The summed E-state index contributed by atoms with van der Waals surface area (Å²) in [6.07, 6.45) is -1.18. The van der Waals surface area contributed by atoms with Crippen molar-refractivity contribution < 1.29 is 19.1 Å². The van der Waals surface area contributed by atoms with Crippen molar-refractivity contribution in [1.29, 1.82) is 0 Å². The van der Waals surface area contributed by atoms with Crippen LogP contribution >= 0.6 is 0 Å². The molecule has 3 aromatic carbocycles. The molecule has 3 rings (SSSR count). The molecule has 2 amide bonds. The normalized spacial score (nSPS) is 10.3. The first kappa shape index (κ1) is 20.9. The number of rotatable bonds is 4. The highest BCUT2D eigenvalue weighted by atomic mass is 16.6. The summed E-state index contributed by atoms with van der Waals surface area (Å²) in [4.78, 5) is 27.9. The Kier molecular flexibility index (Phi) is 6.37. The fraction of sp³-hybridized carbons (Fsp3) is 0.167. The van der Waals surface area contributed by atoms with E-state index in [-0.39, 0.29) is 11.5 Å². The molecule has 0 aliphatic rings. The summed E-state index contributed by atoms with van der Waals surface area (Å²) >= 11 is 0. The van der Waals surface area contributed by atoms with Gasteiger partial charge in [0.2, 0.25) is 0 Å². The lowest BCUT2D eigenvalue weighted by Crippen LogP contribution is -2.31. The van der Waals surface area contributed by atoms with E-state index in [2.05, 4.69) is 0 Å². The highest BCUT2D eigenvalue weighted by molar-refractivity contribution is 5.90. The Morgan fingerprint density at radius 1 is 0.600 bits per heavy atom. The molecule has 0 bridgehead atoms. The van der Waals surface area contributed by atoms with Gasteiger partial charge >= 0.3 is 12.2 Å². The lowest BCUT2D eigenvalue weighted by Gasteiger charge is -2.20. The van der Waals surface area contributed by atoms with Crippen molar-refractivity contribution in [3.8, 4) is 11.5 Å². The van der Waals surface area contributed by atoms with Crippen LogP contribution in [-0.2, 0) is 0 Å². The maximum absolute atomic E-state index is 12.6. The summed E-state index contributed by atoms with van der Waals surface area (Å²) in [5.74, 6) is 0.319. The number of carbonyl (C=O) groups excluding carboxylic acids is 2. The van der Waals surface area contributed by atoms with E-state index in [9.17, 15) is 9.59 Å². The predicted molar refractivity (Wildman–Crippen MR) is 118 cm³/mol. The second-order valence-electron chi connectivity index (χ2n) is 6.97. The van der Waals surface area contributed by atoms with Gasteiger partial charge < -0.3 is 9.47 Å². The summed E-state index contributed by atoms with van der Waals surface area (Å²) in [5.41, 5.74) is 3.57. The molecular weight excluding hydrogens is 380 g/mol. The third kappa shape index (κ3) is 4.97. The van der Waals surface area contributed by atoms with Gasteiger partial charge in [0.05, 0.1) is 0 Å². The molecule has 6 heteroatoms. The van der Waals surface area contributed by atoms with Gasteiger partial charge in [-0.25, -0.2) is 9.59 Å². The first-order chi connectivity index (χ1) is 14.3. The summed E-state index contributed by atoms with van der Waals surface area (Å²) in [6, 6.07) is 21.5. The van der Waals surface area contributed by atoms with Crippen molar-refractivity contribution in [3.63, 3.8) is 0 Å². The summed E-state index contributed by atoms with van der Waals surface area (Å²) < 4.78 is 11.0. The van der Waals surface area contributed by atoms with Crippen LogP contribution in [0.15, 0.2) is 72.8 Å². The number of carbonyl (C=O) groups is 2. The van der Waals surface area contributed by atoms with Crippen LogP contribution in [0.5, 0.6) is 11.5 Å². The molecule has 0 saturated heterocycles.